The summed E-state index contributed by atoms with van der Waals surface area (Å²) in [4.78, 5) is 0. The van der Waals surface area contributed by atoms with E-state index in [-0.39, 0.29) is 0 Å². The minimum Gasteiger partial charge on any atom is -0.455 e. The molecule has 0 N–H and O–H groups in total. The molecular formula is C47H30O. The van der Waals surface area contributed by atoms with Gasteiger partial charge in [0, 0.05) is 17.5 Å². The molecule has 1 aromatic heterocycles. The molecule has 1 nitrogen and oxygen atoms in total. The maximum absolute atomic E-state index is 9.92. The Kier molecular flexibility index (Phi) is 2.43. The fourth-order valence-electron chi connectivity index (χ4n) is 5.84. The Morgan fingerprint density at radius 2 is 0.979 bits per heavy atom. The summed E-state index contributed by atoms with van der Waals surface area (Å²) in [7, 11) is 0. The first-order valence-corrected chi connectivity index (χ1v) is 14.3. The van der Waals surface area contributed by atoms with Crippen molar-refractivity contribution in [2.24, 2.45) is 0 Å². The van der Waals surface area contributed by atoms with Crippen LogP contribution in [0.3, 0.4) is 0 Å². The summed E-state index contributed by atoms with van der Waals surface area (Å²) in [5.74, 6) is 0. The maximum Gasteiger partial charge on any atom is 0.143 e. The first kappa shape index (κ1) is 11.2. The third-order valence-corrected chi connectivity index (χ3v) is 7.95. The van der Waals surface area contributed by atoms with Crippen LogP contribution in [0.2, 0.25) is 0 Å². The molecule has 0 spiro atoms. The number of furan rings is 1. The maximum atomic E-state index is 9.92. The molecule has 10 rings (SSSR count). The highest BCUT2D eigenvalue weighted by atomic mass is 16.3. The highest BCUT2D eigenvalue weighted by Gasteiger charge is 2.19. The third kappa shape index (κ3) is 4.04. The highest BCUT2D eigenvalue weighted by Crippen LogP contribution is 2.46. The van der Waals surface area contributed by atoms with Gasteiger partial charge in [-0.1, -0.05) is 133 Å². The lowest BCUT2D eigenvalue weighted by Gasteiger charge is -2.19. The molecule has 0 bridgehead atoms. The van der Waals surface area contributed by atoms with Crippen molar-refractivity contribution < 1.29 is 42.8 Å². The molecule has 0 atom stereocenters. The lowest BCUT2D eigenvalue weighted by Crippen LogP contribution is -1.92. The van der Waals surface area contributed by atoms with Crippen LogP contribution in [0.25, 0.3) is 98.4 Å². The Morgan fingerprint density at radius 1 is 0.417 bits per heavy atom. The van der Waals surface area contributed by atoms with E-state index in [4.69, 9.17) is 27.7 Å². The first-order chi connectivity index (χ1) is 35.5. The molecule has 0 saturated carbocycles. The quantitative estimate of drug-likeness (QED) is 0.176. The molecule has 0 saturated heterocycles. The van der Waals surface area contributed by atoms with Crippen molar-refractivity contribution in [1.82, 2.24) is 0 Å². The largest absolute Gasteiger partial charge is 0.455 e. The van der Waals surface area contributed by atoms with Gasteiger partial charge in [-0.3, -0.25) is 0 Å². The average Bonchev–Trinajstić information content (AvgIpc) is 3.91. The van der Waals surface area contributed by atoms with Crippen molar-refractivity contribution in [3.8, 4) is 33.4 Å². The van der Waals surface area contributed by atoms with Crippen LogP contribution in [0, 0.1) is 6.90 Å². The summed E-state index contributed by atoms with van der Waals surface area (Å²) < 4.78 is 259. The monoisotopic (exact) mass is 638 g/mol. The number of benzene rings is 9. The van der Waals surface area contributed by atoms with E-state index in [0.717, 1.165) is 0 Å². The van der Waals surface area contributed by atoms with Crippen LogP contribution >= 0.6 is 0 Å². The zero-order valence-corrected chi connectivity index (χ0v) is 24.1. The topological polar surface area (TPSA) is 13.1 Å². The molecule has 9 aromatic carbocycles. The van der Waals surface area contributed by atoms with Gasteiger partial charge in [0.05, 0.1) is 37.0 Å². The molecule has 1 heterocycles. The molecule has 48 heavy (non-hydrogen) atoms. The number of hydrogen-bond donors (Lipinski definition) is 0. The summed E-state index contributed by atoms with van der Waals surface area (Å²) in [6, 6.07) is -24.0. The molecule has 0 amide bonds. The Morgan fingerprint density at radius 3 is 1.69 bits per heavy atom. The Bertz CT molecular complexity index is 4380. The molecule has 10 aromatic rings. The van der Waals surface area contributed by atoms with E-state index in [2.05, 4.69) is 0 Å². The van der Waals surface area contributed by atoms with Gasteiger partial charge in [-0.05, 0) is 114 Å². The number of rotatable bonds is 3. The van der Waals surface area contributed by atoms with Gasteiger partial charge in [0.1, 0.15) is 11.2 Å². The van der Waals surface area contributed by atoms with Gasteiger partial charge in [-0.25, -0.2) is 0 Å². The molecule has 0 fully saturated rings. The van der Waals surface area contributed by atoms with E-state index in [9.17, 15) is 15.1 Å². The molecular weight excluding hydrogens is 581 g/mol. The summed E-state index contributed by atoms with van der Waals surface area (Å²) in [5, 5.41) is -5.98. The van der Waals surface area contributed by atoms with Crippen molar-refractivity contribution >= 4 is 65.0 Å². The van der Waals surface area contributed by atoms with E-state index in [1.165, 1.54) is 0 Å². The van der Waals surface area contributed by atoms with E-state index in [0.29, 0.717) is 0 Å². The van der Waals surface area contributed by atoms with Gasteiger partial charge in [0.2, 0.25) is 0 Å². The normalized spacial score (nSPS) is 20.0. The Hall–Kier alpha value is -6.18. The second-order valence-corrected chi connectivity index (χ2v) is 10.6. The minimum atomic E-state index is -1.01. The predicted molar refractivity (Wildman–Crippen MR) is 205 cm³/mol. The Labute approximate surface area is 317 Å². The van der Waals surface area contributed by atoms with Gasteiger partial charge in [-0.2, -0.15) is 0 Å². The van der Waals surface area contributed by atoms with Crippen LogP contribution in [0.15, 0.2) is 168 Å². The molecule has 1 heteroatoms. The van der Waals surface area contributed by atoms with Gasteiger partial charge < -0.3 is 4.42 Å². The summed E-state index contributed by atoms with van der Waals surface area (Å²) in [6.07, 6.45) is 0. The second kappa shape index (κ2) is 10.4. The number of fused-ring (bicyclic) bond motifs is 8. The van der Waals surface area contributed by atoms with Gasteiger partial charge in [-0.15, -0.1) is 0 Å². The van der Waals surface area contributed by atoms with Crippen LogP contribution in [-0.4, -0.2) is 0 Å². The molecule has 224 valence electrons. The van der Waals surface area contributed by atoms with Crippen LogP contribution in [0.4, 0.5) is 0 Å². The van der Waals surface area contributed by atoms with Gasteiger partial charge >= 0.3 is 0 Å². The van der Waals surface area contributed by atoms with Crippen LogP contribution in [0.5, 0.6) is 0 Å². The zero-order valence-electron chi connectivity index (χ0n) is 52.1. The van der Waals surface area contributed by atoms with Crippen molar-refractivity contribution in [3.05, 3.63) is 169 Å². The van der Waals surface area contributed by atoms with Crippen LogP contribution < -0.4 is 0 Å². The fraction of sp³-hybridized carbons (Fsp3) is 0.0213. The Balaban J connectivity index is 1.48. The van der Waals surface area contributed by atoms with Crippen molar-refractivity contribution in [2.45, 2.75) is 6.90 Å². The lowest BCUT2D eigenvalue weighted by molar-refractivity contribution is 0.672. The summed E-state index contributed by atoms with van der Waals surface area (Å²) in [6.45, 7) is -0.956. The van der Waals surface area contributed by atoms with Crippen LogP contribution in [-0.2, 0) is 0 Å². The minimum absolute atomic E-state index is 0.419. The van der Waals surface area contributed by atoms with Crippen LogP contribution in [0.1, 0.15) is 43.9 Å². The fourth-order valence-corrected chi connectivity index (χ4v) is 5.84. The highest BCUT2D eigenvalue weighted by molar-refractivity contribution is 6.23. The average molecular weight is 639 g/mol. The standard InChI is InChI=1S/C47H30O/c1-29-18-19-34(27-42(29)33-21-20-30-10-2-3-12-32(30)26-33)45-37-14-6-8-16-39(37)46(40-17-9-7-15-38(40)45)35-23-25-44-43(28-35)41-24-22-31-11-4-5-13-36(31)47(41)48-44/h2-28H,1H3/i1D,2D,3D,4D,5D,6D,7D,8D,9D,10D,11D,12D,13D,14D,15D,16D,17D,18D,19D,20D,21D,22D,23D,24D,25D,26D,27D,28D. The second-order valence-electron chi connectivity index (χ2n) is 10.6. The van der Waals surface area contributed by atoms with Gasteiger partial charge in [0.25, 0.3) is 0 Å². The van der Waals surface area contributed by atoms with Crippen molar-refractivity contribution in [1.29, 1.82) is 0 Å². The van der Waals surface area contributed by atoms with Crippen molar-refractivity contribution in [3.63, 3.8) is 0 Å². The van der Waals surface area contributed by atoms with E-state index in [1.54, 1.807) is 0 Å². The summed E-state index contributed by atoms with van der Waals surface area (Å²) in [5.41, 5.74) is -6.14. The van der Waals surface area contributed by atoms with E-state index >= 15 is 0 Å². The van der Waals surface area contributed by atoms with E-state index in [1.807, 2.05) is 0 Å². The van der Waals surface area contributed by atoms with E-state index < -0.39 is 274 Å². The summed E-state index contributed by atoms with van der Waals surface area (Å²) >= 11 is 0. The van der Waals surface area contributed by atoms with Gasteiger partial charge in [0.15, 0.2) is 0 Å². The molecule has 0 aliphatic carbocycles. The predicted octanol–water partition coefficient (Wildman–Crippen LogP) is 13.5. The van der Waals surface area contributed by atoms with Crippen molar-refractivity contribution in [2.75, 3.05) is 0 Å². The lowest BCUT2D eigenvalue weighted by atomic mass is 9.84. The molecule has 0 radical (unpaired) electrons. The molecule has 0 aliphatic heterocycles. The SMILES string of the molecule is [2H]Cc1c([2H])c([2H])c(-c2c3c([2H])c([2H])c([2H])c([2H])c3c(-c3c([2H])c([2H])c4oc5c6c([2H])c([2H])c([2H])c([2H])c6c([2H])c([2H])c5c4c3[2H])c3c([2H])c([2H])c([2H])c([2H])c23)c([2H])c1-c1c([2H])c([2H])c2c([2H])c([2H])c([2H])c([2H])c2c1[2H]. The first-order valence-electron chi connectivity index (χ1n) is 28.5. The number of hydrogen-bond acceptors (Lipinski definition) is 1. The molecule has 0 aliphatic rings. The zero-order chi connectivity index (χ0) is 56.0. The molecule has 0 unspecified atom stereocenters. The third-order valence-electron chi connectivity index (χ3n) is 7.95. The smallest absolute Gasteiger partial charge is 0.143 e.